The Kier molecular flexibility index (Phi) is 17.5. The number of rotatable bonds is 14. The molecule has 0 saturated heterocycles. The molecule has 0 bridgehead atoms. The first-order chi connectivity index (χ1) is 31.6. The van der Waals surface area contributed by atoms with E-state index in [9.17, 15) is 19.2 Å². The summed E-state index contributed by atoms with van der Waals surface area (Å²) in [7, 11) is 9.43. The molecule has 12 heteroatoms. The van der Waals surface area contributed by atoms with E-state index in [1.807, 2.05) is 104 Å². The summed E-state index contributed by atoms with van der Waals surface area (Å²) in [4.78, 5) is 56.5. The van der Waals surface area contributed by atoms with Crippen molar-refractivity contribution in [2.75, 3.05) is 58.2 Å². The maximum Gasteiger partial charge on any atom is 0.410 e. The minimum Gasteiger partial charge on any atom is -0.478 e. The van der Waals surface area contributed by atoms with Crippen LogP contribution in [0.25, 0.3) is 12.2 Å². The van der Waals surface area contributed by atoms with Crippen LogP contribution in [0.15, 0.2) is 97.1 Å². The molecule has 0 saturated carbocycles. The molecule has 0 aromatic heterocycles. The van der Waals surface area contributed by atoms with Crippen molar-refractivity contribution in [2.24, 2.45) is 0 Å². The van der Waals surface area contributed by atoms with E-state index in [1.54, 1.807) is 12.2 Å². The predicted molar refractivity (Wildman–Crippen MR) is 268 cm³/mol. The standard InChI is InChI=1S/C28H36N2O4.C27H34N2O4/c1-28(2,3)34-27(32)30(18-17-20-7-12-23(13-8-20)29(4)5)25-15-11-22-19-21(9-14-24(22)25)10-16-26(31)33-6;1-27(2,3)33-26(32)29(17-16-19-6-11-22(12-7-19)28(4)5)24-14-10-21-18-20(8-13-23(21)24)9-15-25(30)31/h7-10,12-14,16,19,25H,11,15,17-18H2,1-6H3;6-9,11-13,15,18,24H,10,14,16-17H2,1-5H3,(H,30,31)/b16-10+;15-9+. The van der Waals surface area contributed by atoms with Crippen LogP contribution in [0.3, 0.4) is 0 Å². The molecular formula is C55H70N4O8. The molecule has 2 amide bonds. The Morgan fingerprint density at radius 3 is 1.33 bits per heavy atom. The third-order valence-electron chi connectivity index (χ3n) is 11.7. The van der Waals surface area contributed by atoms with Crippen LogP contribution in [-0.2, 0) is 49.5 Å². The molecule has 0 radical (unpaired) electrons. The quantitative estimate of drug-likeness (QED) is 0.0741. The highest BCUT2D eigenvalue weighted by Crippen LogP contribution is 2.39. The monoisotopic (exact) mass is 915 g/mol. The van der Waals surface area contributed by atoms with Crippen molar-refractivity contribution in [1.82, 2.24) is 9.80 Å². The number of aryl methyl sites for hydroxylation is 2. The van der Waals surface area contributed by atoms with E-state index >= 15 is 0 Å². The van der Waals surface area contributed by atoms with Gasteiger partial charge >= 0.3 is 24.1 Å². The first-order valence-electron chi connectivity index (χ1n) is 23.0. The molecule has 2 atom stereocenters. The topological polar surface area (TPSA) is 129 Å². The number of amides is 2. The van der Waals surface area contributed by atoms with Crippen LogP contribution >= 0.6 is 0 Å². The Bertz CT molecular complexity index is 2390. The van der Waals surface area contributed by atoms with Gasteiger partial charge in [-0.3, -0.25) is 0 Å². The molecular weight excluding hydrogens is 845 g/mol. The van der Waals surface area contributed by atoms with Crippen molar-refractivity contribution in [1.29, 1.82) is 0 Å². The van der Waals surface area contributed by atoms with Gasteiger partial charge < -0.3 is 38.9 Å². The normalized spacial score (nSPS) is 15.3. The fraction of sp³-hybridized carbons (Fsp3) is 0.418. The number of carboxylic acids is 1. The van der Waals surface area contributed by atoms with Crippen molar-refractivity contribution in [3.05, 3.63) is 142 Å². The van der Waals surface area contributed by atoms with Crippen LogP contribution in [0.5, 0.6) is 0 Å². The molecule has 0 spiro atoms. The Morgan fingerprint density at radius 1 is 0.597 bits per heavy atom. The zero-order valence-corrected chi connectivity index (χ0v) is 41.3. The Balaban J connectivity index is 0.000000251. The molecule has 4 aromatic carbocycles. The largest absolute Gasteiger partial charge is 0.478 e. The molecule has 358 valence electrons. The summed E-state index contributed by atoms with van der Waals surface area (Å²) in [6, 6.07) is 28.8. The molecule has 2 aliphatic carbocycles. The van der Waals surface area contributed by atoms with Crippen LogP contribution in [0.1, 0.15) is 111 Å². The number of carbonyl (C=O) groups excluding carboxylic acids is 3. The van der Waals surface area contributed by atoms with Crippen molar-refractivity contribution < 1.29 is 38.5 Å². The molecule has 0 fully saturated rings. The lowest BCUT2D eigenvalue weighted by molar-refractivity contribution is -0.135. The van der Waals surface area contributed by atoms with Crippen LogP contribution in [-0.4, -0.2) is 98.6 Å². The molecule has 6 rings (SSSR count). The molecule has 0 heterocycles. The van der Waals surface area contributed by atoms with Crippen molar-refractivity contribution >= 4 is 47.7 Å². The molecule has 2 unspecified atom stereocenters. The van der Waals surface area contributed by atoms with Crippen LogP contribution in [0, 0.1) is 0 Å². The third kappa shape index (κ3) is 15.2. The van der Waals surface area contributed by atoms with E-state index in [1.165, 1.54) is 29.9 Å². The number of ether oxygens (including phenoxy) is 3. The highest BCUT2D eigenvalue weighted by Gasteiger charge is 2.35. The predicted octanol–water partition coefficient (Wildman–Crippen LogP) is 10.7. The van der Waals surface area contributed by atoms with Gasteiger partial charge in [0.25, 0.3) is 0 Å². The molecule has 67 heavy (non-hydrogen) atoms. The number of esters is 1. The SMILES string of the molecule is CN(C)c1ccc(CCN(C(=O)OC(C)(C)C)C2CCc3cc(/C=C/C(=O)O)ccc32)cc1.COC(=O)/C=C/c1ccc2c(c1)CCC2N(CCc1ccc(N(C)C)cc1)C(=O)OC(C)(C)C. The lowest BCUT2D eigenvalue weighted by atomic mass is 10.0. The maximum atomic E-state index is 13.2. The maximum absolute atomic E-state index is 13.2. The summed E-state index contributed by atoms with van der Waals surface area (Å²) >= 11 is 0. The second-order valence-corrected chi connectivity index (χ2v) is 19.5. The summed E-state index contributed by atoms with van der Waals surface area (Å²) in [6.45, 7) is 12.5. The van der Waals surface area contributed by atoms with Gasteiger partial charge in [-0.25, -0.2) is 19.2 Å². The highest BCUT2D eigenvalue weighted by molar-refractivity contribution is 5.87. The van der Waals surface area contributed by atoms with Crippen LogP contribution < -0.4 is 9.80 Å². The van der Waals surface area contributed by atoms with E-state index in [2.05, 4.69) is 75.2 Å². The van der Waals surface area contributed by atoms with E-state index < -0.39 is 17.2 Å². The van der Waals surface area contributed by atoms with Gasteiger partial charge in [0.1, 0.15) is 11.2 Å². The van der Waals surface area contributed by atoms with E-state index in [0.717, 1.165) is 83.8 Å². The molecule has 0 aliphatic heterocycles. The molecule has 2 aliphatic rings. The van der Waals surface area contributed by atoms with Gasteiger partial charge in [0, 0.05) is 64.8 Å². The number of benzene rings is 4. The summed E-state index contributed by atoms with van der Waals surface area (Å²) in [6.07, 6.45) is 10.2. The fourth-order valence-corrected chi connectivity index (χ4v) is 8.30. The lowest BCUT2D eigenvalue weighted by Gasteiger charge is -2.32. The molecule has 4 aromatic rings. The number of anilines is 2. The first kappa shape index (κ1) is 51.4. The van der Waals surface area contributed by atoms with E-state index in [4.69, 9.17) is 14.6 Å². The van der Waals surface area contributed by atoms with Gasteiger partial charge in [-0.2, -0.15) is 0 Å². The van der Waals surface area contributed by atoms with E-state index in [-0.39, 0.29) is 30.2 Å². The lowest BCUT2D eigenvalue weighted by Crippen LogP contribution is -2.40. The average molecular weight is 915 g/mol. The van der Waals surface area contributed by atoms with Crippen molar-refractivity contribution in [2.45, 2.75) is 103 Å². The first-order valence-corrected chi connectivity index (χ1v) is 23.0. The highest BCUT2D eigenvalue weighted by atomic mass is 16.6. The summed E-state index contributed by atoms with van der Waals surface area (Å²) in [5.41, 5.74) is 9.88. The Morgan fingerprint density at radius 2 is 0.985 bits per heavy atom. The number of hydrogen-bond donors (Lipinski definition) is 1. The average Bonchev–Trinajstić information content (AvgIpc) is 3.88. The van der Waals surface area contributed by atoms with Gasteiger partial charge in [0.05, 0.1) is 19.2 Å². The number of carbonyl (C=O) groups is 4. The van der Waals surface area contributed by atoms with Gasteiger partial charge in [-0.1, -0.05) is 60.7 Å². The summed E-state index contributed by atoms with van der Waals surface area (Å²) in [5, 5.41) is 8.88. The third-order valence-corrected chi connectivity index (χ3v) is 11.7. The molecule has 12 nitrogen and oxygen atoms in total. The number of fused-ring (bicyclic) bond motifs is 2. The van der Waals surface area contributed by atoms with E-state index in [0.29, 0.717) is 13.1 Å². The van der Waals surface area contributed by atoms with Crippen molar-refractivity contribution in [3.8, 4) is 0 Å². The van der Waals surface area contributed by atoms with Crippen LogP contribution in [0.4, 0.5) is 21.0 Å². The number of nitrogens with zero attached hydrogens (tertiary/aromatic N) is 4. The van der Waals surface area contributed by atoms with Gasteiger partial charge in [0.2, 0.25) is 0 Å². The van der Waals surface area contributed by atoms with Gasteiger partial charge in [-0.15, -0.1) is 0 Å². The van der Waals surface area contributed by atoms with Crippen molar-refractivity contribution in [3.63, 3.8) is 0 Å². The fourth-order valence-electron chi connectivity index (χ4n) is 8.30. The molecule has 1 N–H and O–H groups in total. The Labute approximate surface area is 397 Å². The van der Waals surface area contributed by atoms with Gasteiger partial charge in [-0.05, 0) is 161 Å². The zero-order valence-electron chi connectivity index (χ0n) is 41.3. The summed E-state index contributed by atoms with van der Waals surface area (Å²) in [5.74, 6) is -1.35. The number of methoxy groups -OCH3 is 1. The van der Waals surface area contributed by atoms with Crippen LogP contribution in [0.2, 0.25) is 0 Å². The minimum absolute atomic E-state index is 0.0375. The smallest absolute Gasteiger partial charge is 0.410 e. The van der Waals surface area contributed by atoms with Gasteiger partial charge in [0.15, 0.2) is 0 Å². The number of carboxylic acid groups (broad SMARTS) is 1. The second kappa shape index (κ2) is 22.8. The zero-order chi connectivity index (χ0) is 49.1. The number of hydrogen-bond acceptors (Lipinski definition) is 9. The summed E-state index contributed by atoms with van der Waals surface area (Å²) < 4.78 is 16.2. The minimum atomic E-state index is -0.969. The number of aliphatic carboxylic acids is 1. The second-order valence-electron chi connectivity index (χ2n) is 19.5. The Hall–Kier alpha value is -6.56.